The number of aromatic nitrogens is 2. The van der Waals surface area contributed by atoms with Crippen molar-refractivity contribution in [1.82, 2.24) is 14.9 Å². The summed E-state index contributed by atoms with van der Waals surface area (Å²) in [5.74, 6) is -1.90. The van der Waals surface area contributed by atoms with Crippen molar-refractivity contribution < 1.29 is 14.7 Å². The lowest BCUT2D eigenvalue weighted by atomic mass is 9.65. The minimum atomic E-state index is -1.17. The molecule has 0 spiro atoms. The third kappa shape index (κ3) is 6.54. The summed E-state index contributed by atoms with van der Waals surface area (Å²) in [6, 6.07) is 44.5. The molecule has 5 aromatic carbocycles. The van der Waals surface area contributed by atoms with Crippen LogP contribution in [0.3, 0.4) is 0 Å². The topological polar surface area (TPSA) is 110 Å². The van der Waals surface area contributed by atoms with Gasteiger partial charge in [0.05, 0.1) is 23.5 Å². The molecule has 1 aliphatic rings. The molecule has 7 heteroatoms. The number of allylic oxidation sites excluding steroid dienone is 2. The van der Waals surface area contributed by atoms with Gasteiger partial charge in [0, 0.05) is 18.2 Å². The molecule has 0 fully saturated rings. The zero-order valence-corrected chi connectivity index (χ0v) is 30.0. The van der Waals surface area contributed by atoms with Gasteiger partial charge < -0.3 is 15.4 Å². The van der Waals surface area contributed by atoms with E-state index in [-0.39, 0.29) is 12.2 Å². The highest BCUT2D eigenvalue weighted by molar-refractivity contribution is 5.93. The molecule has 0 aliphatic heterocycles. The van der Waals surface area contributed by atoms with E-state index in [1.165, 1.54) is 0 Å². The predicted octanol–water partition coefficient (Wildman–Crippen LogP) is 8.00. The first kappa shape index (κ1) is 35.5. The van der Waals surface area contributed by atoms with Crippen LogP contribution in [-0.2, 0) is 27.2 Å². The van der Waals surface area contributed by atoms with E-state index >= 15 is 0 Å². The van der Waals surface area contributed by atoms with Gasteiger partial charge in [0.1, 0.15) is 17.4 Å². The first-order valence-electron chi connectivity index (χ1n) is 18.0. The molecule has 1 heterocycles. The van der Waals surface area contributed by atoms with E-state index < -0.39 is 34.4 Å². The first-order valence-corrected chi connectivity index (χ1v) is 18.0. The number of ketones is 1. The van der Waals surface area contributed by atoms with Crippen molar-refractivity contribution in [2.24, 2.45) is 17.1 Å². The summed E-state index contributed by atoms with van der Waals surface area (Å²) in [7, 11) is 0. The number of imidazole rings is 1. The van der Waals surface area contributed by atoms with E-state index in [9.17, 15) is 14.7 Å². The van der Waals surface area contributed by atoms with Crippen LogP contribution >= 0.6 is 0 Å². The van der Waals surface area contributed by atoms with E-state index in [4.69, 9.17) is 10.7 Å². The Kier molecular flexibility index (Phi) is 9.80. The minimum Gasteiger partial charge on any atom is -0.480 e. The maximum atomic E-state index is 14.7. The van der Waals surface area contributed by atoms with Crippen molar-refractivity contribution in [3.8, 4) is 0 Å². The van der Waals surface area contributed by atoms with Gasteiger partial charge in [0.25, 0.3) is 0 Å². The molecule has 0 saturated carbocycles. The fraction of sp³-hybridized carbons (Fsp3) is 0.196. The molecule has 6 aromatic rings. The maximum absolute atomic E-state index is 14.7. The lowest BCUT2D eigenvalue weighted by Gasteiger charge is -2.43. The number of fused-ring (bicyclic) bond motifs is 1. The van der Waals surface area contributed by atoms with Crippen molar-refractivity contribution in [3.05, 3.63) is 198 Å². The molecule has 3 atom stereocenters. The Hall–Kier alpha value is -5.89. The van der Waals surface area contributed by atoms with E-state index in [1.807, 2.05) is 61.0 Å². The molecule has 1 aromatic heterocycles. The molecule has 0 amide bonds. The fourth-order valence-electron chi connectivity index (χ4n) is 8.06. The standard InChI is InChI=1S/C46H44N4O3/c1-44(2,29-41(47)43(52)53)42(51)40-26-14-15-28-45(40,39-27-16-18-33-17-12-13-25-38(33)39)49-30-37-31-50(32-48-37)46(34-19-6-3-7-20-34,35-21-8-4-9-22-35)36-23-10-5-11-24-36/h3-28,31-32,40-41,49H,29-30,47H2,1-2H3,(H,52,53). The lowest BCUT2D eigenvalue weighted by Crippen LogP contribution is -2.53. The number of benzene rings is 5. The average molecular weight is 701 g/mol. The Bertz CT molecular complexity index is 2180. The van der Waals surface area contributed by atoms with Crippen LogP contribution < -0.4 is 11.1 Å². The van der Waals surface area contributed by atoms with Crippen LogP contribution in [0.25, 0.3) is 10.8 Å². The van der Waals surface area contributed by atoms with Crippen LogP contribution in [0, 0.1) is 11.3 Å². The van der Waals surface area contributed by atoms with Gasteiger partial charge >= 0.3 is 5.97 Å². The van der Waals surface area contributed by atoms with E-state index in [0.717, 1.165) is 38.7 Å². The van der Waals surface area contributed by atoms with Crippen LogP contribution in [-0.4, -0.2) is 32.5 Å². The van der Waals surface area contributed by atoms with Gasteiger partial charge in [0.2, 0.25) is 0 Å². The number of nitrogens with zero attached hydrogens (tertiary/aromatic N) is 2. The van der Waals surface area contributed by atoms with Crippen molar-refractivity contribution in [2.75, 3.05) is 0 Å². The van der Waals surface area contributed by atoms with Crippen LogP contribution in [0.15, 0.2) is 170 Å². The van der Waals surface area contributed by atoms with Crippen LogP contribution in [0.5, 0.6) is 0 Å². The largest absolute Gasteiger partial charge is 0.480 e. The molecule has 0 saturated heterocycles. The summed E-state index contributed by atoms with van der Waals surface area (Å²) in [4.78, 5) is 31.5. The zero-order chi connectivity index (χ0) is 37.1. The number of carboxylic acids is 1. The Morgan fingerprint density at radius 3 is 1.98 bits per heavy atom. The smallest absolute Gasteiger partial charge is 0.320 e. The highest BCUT2D eigenvalue weighted by atomic mass is 16.4. The second-order valence-electron chi connectivity index (χ2n) is 14.4. The third-order valence-corrected chi connectivity index (χ3v) is 10.7. The molecule has 0 radical (unpaired) electrons. The maximum Gasteiger partial charge on any atom is 0.320 e. The molecule has 266 valence electrons. The monoisotopic (exact) mass is 700 g/mol. The summed E-state index contributed by atoms with van der Waals surface area (Å²) in [6.07, 6.45) is 11.8. The Balaban J connectivity index is 1.34. The van der Waals surface area contributed by atoms with Crippen LogP contribution in [0.4, 0.5) is 0 Å². The molecule has 53 heavy (non-hydrogen) atoms. The molecular weight excluding hydrogens is 657 g/mol. The summed E-state index contributed by atoms with van der Waals surface area (Å²) >= 11 is 0. The third-order valence-electron chi connectivity index (χ3n) is 10.7. The number of carbonyl (C=O) groups is 2. The van der Waals surface area contributed by atoms with Crippen LogP contribution in [0.1, 0.15) is 48.2 Å². The van der Waals surface area contributed by atoms with Gasteiger partial charge in [-0.3, -0.25) is 14.9 Å². The SMILES string of the molecule is CC(C)(CC(N)C(=O)O)C(=O)C1C=CC=CC1(NCc1cn(C(c2ccccc2)(c2ccccc2)c2ccccc2)cn1)c1cccc2ccccc12. The summed E-state index contributed by atoms with van der Waals surface area (Å²) < 4.78 is 2.18. The second-order valence-corrected chi connectivity index (χ2v) is 14.4. The highest BCUT2D eigenvalue weighted by Gasteiger charge is 2.48. The van der Waals surface area contributed by atoms with Gasteiger partial charge in [-0.05, 0) is 39.4 Å². The minimum absolute atomic E-state index is 0.00574. The van der Waals surface area contributed by atoms with Crippen molar-refractivity contribution >= 4 is 22.5 Å². The van der Waals surface area contributed by atoms with Gasteiger partial charge in [-0.1, -0.05) is 172 Å². The quantitative estimate of drug-likeness (QED) is 0.105. The normalized spacial score (nSPS) is 17.8. The van der Waals surface area contributed by atoms with Crippen molar-refractivity contribution in [3.63, 3.8) is 0 Å². The van der Waals surface area contributed by atoms with Gasteiger partial charge in [-0.15, -0.1) is 0 Å². The number of hydrogen-bond acceptors (Lipinski definition) is 5. The van der Waals surface area contributed by atoms with E-state index in [1.54, 1.807) is 13.8 Å². The molecule has 0 bridgehead atoms. The molecule has 7 nitrogen and oxygen atoms in total. The number of nitrogens with one attached hydrogen (secondary N) is 1. The average Bonchev–Trinajstić information content (AvgIpc) is 3.67. The molecule has 3 unspecified atom stereocenters. The van der Waals surface area contributed by atoms with E-state index in [0.29, 0.717) is 6.54 Å². The molecule has 1 aliphatic carbocycles. The Morgan fingerprint density at radius 1 is 0.811 bits per heavy atom. The number of hydrogen-bond donors (Lipinski definition) is 3. The Morgan fingerprint density at radius 2 is 1.38 bits per heavy atom. The number of nitrogens with two attached hydrogens (primary N) is 1. The lowest BCUT2D eigenvalue weighted by molar-refractivity contribution is -0.140. The van der Waals surface area contributed by atoms with Gasteiger partial charge in [-0.2, -0.15) is 0 Å². The van der Waals surface area contributed by atoms with Gasteiger partial charge in [0.15, 0.2) is 0 Å². The molecule has 4 N–H and O–H groups in total. The highest BCUT2D eigenvalue weighted by Crippen LogP contribution is 2.44. The predicted molar refractivity (Wildman–Crippen MR) is 210 cm³/mol. The number of aliphatic carboxylic acids is 1. The van der Waals surface area contributed by atoms with Gasteiger partial charge in [-0.25, -0.2) is 4.98 Å². The van der Waals surface area contributed by atoms with Crippen molar-refractivity contribution in [1.29, 1.82) is 0 Å². The zero-order valence-electron chi connectivity index (χ0n) is 30.0. The second kappa shape index (κ2) is 14.6. The van der Waals surface area contributed by atoms with Crippen LogP contribution in [0.2, 0.25) is 0 Å². The first-order chi connectivity index (χ1) is 25.7. The number of rotatable bonds is 13. The number of Topliss-reactive ketones (excluding diaryl/α,β-unsaturated/α-hetero) is 1. The molecule has 7 rings (SSSR count). The number of carboxylic acid groups (broad SMARTS) is 1. The van der Waals surface area contributed by atoms with E-state index in [2.05, 4.69) is 119 Å². The van der Waals surface area contributed by atoms with Crippen molar-refractivity contribution in [2.45, 2.75) is 43.9 Å². The Labute approximate surface area is 310 Å². The number of carbonyl (C=O) groups excluding carboxylic acids is 1. The fourth-order valence-corrected chi connectivity index (χ4v) is 8.06. The summed E-state index contributed by atoms with van der Waals surface area (Å²) in [5, 5.41) is 15.5. The summed E-state index contributed by atoms with van der Waals surface area (Å²) in [5.41, 5.74) is 8.28. The summed E-state index contributed by atoms with van der Waals surface area (Å²) in [6.45, 7) is 3.91. The molecular formula is C46H44N4O3.